The zero-order valence-electron chi connectivity index (χ0n) is 14.1. The maximum absolute atomic E-state index is 5.54. The van der Waals surface area contributed by atoms with Gasteiger partial charge in [0.05, 0.1) is 13.2 Å². The van der Waals surface area contributed by atoms with Crippen molar-refractivity contribution in [2.24, 2.45) is 0 Å². The molecule has 2 aliphatic rings. The van der Waals surface area contributed by atoms with Crippen molar-refractivity contribution in [2.75, 3.05) is 19.6 Å². The molecule has 1 aromatic carbocycles. The highest BCUT2D eigenvalue weighted by molar-refractivity contribution is 5.43. The van der Waals surface area contributed by atoms with Gasteiger partial charge in [-0.15, -0.1) is 0 Å². The summed E-state index contributed by atoms with van der Waals surface area (Å²) in [5.74, 6) is 1.14. The van der Waals surface area contributed by atoms with E-state index < -0.39 is 0 Å². The molecule has 0 atom stereocenters. The van der Waals surface area contributed by atoms with Crippen LogP contribution in [0.5, 0.6) is 0 Å². The van der Waals surface area contributed by atoms with Crippen LogP contribution in [0.3, 0.4) is 0 Å². The summed E-state index contributed by atoms with van der Waals surface area (Å²) in [7, 11) is 0. The molecule has 23 heavy (non-hydrogen) atoms. The predicted octanol–water partition coefficient (Wildman–Crippen LogP) is 3.28. The Kier molecular flexibility index (Phi) is 3.74. The molecule has 0 spiro atoms. The lowest BCUT2D eigenvalue weighted by atomic mass is 9.91. The number of nitrogens with zero attached hydrogens (tertiary/aromatic N) is 3. The fraction of sp³-hybridized carbons (Fsp3) is 0.526. The highest BCUT2D eigenvalue weighted by atomic mass is 16.5. The summed E-state index contributed by atoms with van der Waals surface area (Å²) in [5.41, 5.74) is 3.84. The van der Waals surface area contributed by atoms with Crippen molar-refractivity contribution >= 4 is 0 Å². The topological polar surface area (TPSA) is 30.3 Å². The van der Waals surface area contributed by atoms with E-state index in [1.807, 2.05) is 6.20 Å². The quantitative estimate of drug-likeness (QED) is 0.868. The van der Waals surface area contributed by atoms with Crippen molar-refractivity contribution in [1.29, 1.82) is 0 Å². The van der Waals surface area contributed by atoms with E-state index in [-0.39, 0.29) is 5.41 Å². The summed E-state index contributed by atoms with van der Waals surface area (Å²) >= 11 is 0. The Balaban J connectivity index is 1.65. The summed E-state index contributed by atoms with van der Waals surface area (Å²) in [6.07, 6.45) is 6.66. The van der Waals surface area contributed by atoms with Gasteiger partial charge in [-0.25, -0.2) is 4.98 Å². The minimum absolute atomic E-state index is 0.0311. The number of imidazole rings is 1. The van der Waals surface area contributed by atoms with Crippen LogP contribution in [0, 0.1) is 0 Å². The average molecular weight is 311 g/mol. The van der Waals surface area contributed by atoms with Gasteiger partial charge in [0.1, 0.15) is 5.82 Å². The third kappa shape index (κ3) is 2.81. The second-order valence-electron chi connectivity index (χ2n) is 7.43. The predicted molar refractivity (Wildman–Crippen MR) is 90.8 cm³/mol. The fourth-order valence-corrected chi connectivity index (χ4v) is 3.89. The van der Waals surface area contributed by atoms with Crippen LogP contribution in [0.25, 0.3) is 5.69 Å². The first-order valence-electron chi connectivity index (χ1n) is 8.60. The van der Waals surface area contributed by atoms with Crippen LogP contribution < -0.4 is 0 Å². The largest absolute Gasteiger partial charge is 0.372 e. The van der Waals surface area contributed by atoms with Gasteiger partial charge >= 0.3 is 0 Å². The molecule has 0 aliphatic carbocycles. The maximum Gasteiger partial charge on any atom is 0.120 e. The van der Waals surface area contributed by atoms with Crippen LogP contribution in [0.15, 0.2) is 30.6 Å². The second-order valence-corrected chi connectivity index (χ2v) is 7.43. The second kappa shape index (κ2) is 5.77. The van der Waals surface area contributed by atoms with Gasteiger partial charge in [-0.1, -0.05) is 19.9 Å². The van der Waals surface area contributed by atoms with Crippen LogP contribution in [0.2, 0.25) is 0 Å². The van der Waals surface area contributed by atoms with Gasteiger partial charge in [0.25, 0.3) is 0 Å². The van der Waals surface area contributed by atoms with E-state index in [0.29, 0.717) is 0 Å². The highest BCUT2D eigenvalue weighted by Crippen LogP contribution is 2.29. The molecule has 2 aromatic rings. The van der Waals surface area contributed by atoms with Crippen molar-refractivity contribution in [1.82, 2.24) is 14.5 Å². The Morgan fingerprint density at radius 2 is 1.91 bits per heavy atom. The standard InChI is InChI=1S/C19H25N3O/c1-19(2,14-21-8-3-4-9-21)18-20-7-10-22(18)17-6-5-15-12-23-13-16(15)11-17/h5-7,10-11H,3-4,8-9,12-14H2,1-2H3. The number of aromatic nitrogens is 2. The maximum atomic E-state index is 5.54. The lowest BCUT2D eigenvalue weighted by Gasteiger charge is -2.30. The zero-order valence-corrected chi connectivity index (χ0v) is 14.1. The molecule has 0 radical (unpaired) electrons. The first-order valence-corrected chi connectivity index (χ1v) is 8.60. The number of likely N-dealkylation sites (tertiary alicyclic amines) is 1. The summed E-state index contributed by atoms with van der Waals surface area (Å²) in [6, 6.07) is 6.62. The van der Waals surface area contributed by atoms with E-state index >= 15 is 0 Å². The first-order chi connectivity index (χ1) is 11.1. The van der Waals surface area contributed by atoms with Crippen molar-refractivity contribution in [3.63, 3.8) is 0 Å². The number of hydrogen-bond acceptors (Lipinski definition) is 3. The minimum atomic E-state index is 0.0311. The Labute approximate surface area is 138 Å². The van der Waals surface area contributed by atoms with Gasteiger partial charge in [-0.3, -0.25) is 0 Å². The van der Waals surface area contributed by atoms with Gasteiger partial charge < -0.3 is 14.2 Å². The molecule has 4 rings (SSSR count). The molecule has 3 heterocycles. The summed E-state index contributed by atoms with van der Waals surface area (Å²) in [4.78, 5) is 7.27. The molecule has 122 valence electrons. The lowest BCUT2D eigenvalue weighted by molar-refractivity contribution is 0.134. The molecule has 0 bridgehead atoms. The smallest absolute Gasteiger partial charge is 0.120 e. The van der Waals surface area contributed by atoms with Crippen molar-refractivity contribution < 1.29 is 4.74 Å². The van der Waals surface area contributed by atoms with E-state index in [0.717, 1.165) is 25.6 Å². The third-order valence-electron chi connectivity index (χ3n) is 5.05. The third-order valence-corrected chi connectivity index (χ3v) is 5.05. The van der Waals surface area contributed by atoms with Gasteiger partial charge in [0.2, 0.25) is 0 Å². The average Bonchev–Trinajstić information content (AvgIpc) is 3.27. The lowest BCUT2D eigenvalue weighted by Crippen LogP contribution is -2.37. The van der Waals surface area contributed by atoms with Crippen LogP contribution in [-0.2, 0) is 23.4 Å². The van der Waals surface area contributed by atoms with E-state index in [9.17, 15) is 0 Å². The molecule has 4 nitrogen and oxygen atoms in total. The minimum Gasteiger partial charge on any atom is -0.372 e. The molecular formula is C19H25N3O. The number of hydrogen-bond donors (Lipinski definition) is 0. The zero-order chi connectivity index (χ0) is 15.9. The molecule has 2 aliphatic heterocycles. The number of fused-ring (bicyclic) bond motifs is 1. The Morgan fingerprint density at radius 1 is 1.13 bits per heavy atom. The molecule has 1 aromatic heterocycles. The van der Waals surface area contributed by atoms with E-state index in [4.69, 9.17) is 9.72 Å². The Morgan fingerprint density at radius 3 is 2.74 bits per heavy atom. The molecule has 0 saturated carbocycles. The molecule has 1 saturated heterocycles. The fourth-order valence-electron chi connectivity index (χ4n) is 3.89. The first kappa shape index (κ1) is 14.9. The monoisotopic (exact) mass is 311 g/mol. The summed E-state index contributed by atoms with van der Waals surface area (Å²) in [6.45, 7) is 9.59. The van der Waals surface area contributed by atoms with Crippen LogP contribution in [-0.4, -0.2) is 34.1 Å². The number of rotatable bonds is 4. The summed E-state index contributed by atoms with van der Waals surface area (Å²) < 4.78 is 7.79. The van der Waals surface area contributed by atoms with Crippen molar-refractivity contribution in [3.05, 3.63) is 47.5 Å². The Bertz CT molecular complexity index is 698. The van der Waals surface area contributed by atoms with Crippen LogP contribution >= 0.6 is 0 Å². The number of ether oxygens (including phenoxy) is 1. The molecule has 0 amide bonds. The summed E-state index contributed by atoms with van der Waals surface area (Å²) in [5, 5.41) is 0. The molecule has 0 unspecified atom stereocenters. The van der Waals surface area contributed by atoms with E-state index in [1.165, 1.54) is 42.7 Å². The SMILES string of the molecule is CC(C)(CN1CCCC1)c1nccn1-c1ccc2c(c1)COC2. The normalized spacial score (nSPS) is 18.5. The van der Waals surface area contributed by atoms with Crippen LogP contribution in [0.4, 0.5) is 0 Å². The highest BCUT2D eigenvalue weighted by Gasteiger charge is 2.30. The molecule has 0 N–H and O–H groups in total. The molecule has 1 fully saturated rings. The van der Waals surface area contributed by atoms with Crippen molar-refractivity contribution in [2.45, 2.75) is 45.3 Å². The molecule has 4 heteroatoms. The van der Waals surface area contributed by atoms with Gasteiger partial charge in [0.15, 0.2) is 0 Å². The van der Waals surface area contributed by atoms with Gasteiger partial charge in [-0.2, -0.15) is 0 Å². The van der Waals surface area contributed by atoms with Crippen molar-refractivity contribution in [3.8, 4) is 5.69 Å². The van der Waals surface area contributed by atoms with Crippen LogP contribution in [0.1, 0.15) is 43.6 Å². The number of benzene rings is 1. The van der Waals surface area contributed by atoms with Gasteiger partial charge in [0, 0.05) is 30.0 Å². The van der Waals surface area contributed by atoms with E-state index in [1.54, 1.807) is 0 Å². The molecular weight excluding hydrogens is 286 g/mol. The van der Waals surface area contributed by atoms with Gasteiger partial charge in [-0.05, 0) is 49.2 Å². The van der Waals surface area contributed by atoms with E-state index in [2.05, 4.69) is 47.7 Å². The Hall–Kier alpha value is -1.65.